The molecule has 0 aliphatic heterocycles. The van der Waals surface area contributed by atoms with Crippen LogP contribution in [0.1, 0.15) is 18.9 Å². The number of nitrogens with one attached hydrogen (secondary N) is 1. The van der Waals surface area contributed by atoms with E-state index >= 15 is 0 Å². The van der Waals surface area contributed by atoms with E-state index in [-0.39, 0.29) is 0 Å². The molecule has 0 aromatic carbocycles. The van der Waals surface area contributed by atoms with Crippen molar-refractivity contribution in [3.05, 3.63) is 36.2 Å². The molecule has 1 N–H and O–H groups in total. The fraction of sp³-hybridized carbons (Fsp3) is 0.455. The molecule has 0 aliphatic rings. The molecule has 1 aromatic rings. The summed E-state index contributed by atoms with van der Waals surface area (Å²) in [6, 6.07) is 2.14. The molecule has 2 heteroatoms. The Hall–Kier alpha value is -1.02. The van der Waals surface area contributed by atoms with Crippen molar-refractivity contribution >= 4 is 0 Å². The lowest BCUT2D eigenvalue weighted by Gasteiger charge is -1.99. The molecule has 0 saturated heterocycles. The number of aromatic nitrogens is 1. The third-order valence-corrected chi connectivity index (χ3v) is 1.95. The molecule has 0 spiro atoms. The Morgan fingerprint density at radius 1 is 1.54 bits per heavy atom. The van der Waals surface area contributed by atoms with E-state index in [1.54, 1.807) is 0 Å². The first kappa shape index (κ1) is 10.1. The second-order valence-electron chi connectivity index (χ2n) is 3.22. The standard InChI is InChI=1S/C11H18N2/c1-3-4-5-7-12-9-11-6-8-13(2)10-11/h3-4,6,8,10,12H,5,7,9H2,1-2H3/b4-3+. The van der Waals surface area contributed by atoms with Gasteiger partial charge in [-0.05, 0) is 31.5 Å². The summed E-state index contributed by atoms with van der Waals surface area (Å²) in [4.78, 5) is 0. The summed E-state index contributed by atoms with van der Waals surface area (Å²) in [6.45, 7) is 4.08. The maximum absolute atomic E-state index is 3.39. The normalized spacial score (nSPS) is 11.2. The minimum absolute atomic E-state index is 0.971. The van der Waals surface area contributed by atoms with Crippen LogP contribution in [-0.2, 0) is 13.6 Å². The molecular weight excluding hydrogens is 160 g/mol. The first-order valence-electron chi connectivity index (χ1n) is 4.75. The molecule has 1 heterocycles. The lowest BCUT2D eigenvalue weighted by molar-refractivity contribution is 0.694. The average Bonchev–Trinajstić information content (AvgIpc) is 2.51. The average molecular weight is 178 g/mol. The van der Waals surface area contributed by atoms with Crippen LogP contribution in [0.2, 0.25) is 0 Å². The zero-order chi connectivity index (χ0) is 9.52. The van der Waals surface area contributed by atoms with E-state index in [0.717, 1.165) is 19.5 Å². The second kappa shape index (κ2) is 5.60. The molecule has 0 aliphatic carbocycles. The van der Waals surface area contributed by atoms with Crippen LogP contribution in [0.4, 0.5) is 0 Å². The second-order valence-corrected chi connectivity index (χ2v) is 3.22. The van der Waals surface area contributed by atoms with Crippen LogP contribution in [0, 0.1) is 0 Å². The van der Waals surface area contributed by atoms with Crippen molar-refractivity contribution in [2.45, 2.75) is 19.9 Å². The van der Waals surface area contributed by atoms with Crippen LogP contribution in [0.15, 0.2) is 30.6 Å². The van der Waals surface area contributed by atoms with Crippen molar-refractivity contribution < 1.29 is 0 Å². The quantitative estimate of drug-likeness (QED) is 0.539. The van der Waals surface area contributed by atoms with Crippen molar-refractivity contribution in [2.75, 3.05) is 6.54 Å². The van der Waals surface area contributed by atoms with Gasteiger partial charge < -0.3 is 9.88 Å². The lowest BCUT2D eigenvalue weighted by atomic mass is 10.3. The number of aryl methyl sites for hydroxylation is 1. The highest BCUT2D eigenvalue weighted by Gasteiger charge is 1.92. The van der Waals surface area contributed by atoms with E-state index < -0.39 is 0 Å². The Bertz CT molecular complexity index is 261. The zero-order valence-electron chi connectivity index (χ0n) is 8.46. The highest BCUT2D eigenvalue weighted by molar-refractivity contribution is 5.09. The number of rotatable bonds is 5. The van der Waals surface area contributed by atoms with Gasteiger partial charge in [-0.2, -0.15) is 0 Å². The highest BCUT2D eigenvalue weighted by atomic mass is 14.9. The van der Waals surface area contributed by atoms with Crippen LogP contribution < -0.4 is 5.32 Å². The summed E-state index contributed by atoms with van der Waals surface area (Å²) < 4.78 is 2.07. The van der Waals surface area contributed by atoms with Crippen molar-refractivity contribution in [1.82, 2.24) is 9.88 Å². The van der Waals surface area contributed by atoms with Crippen molar-refractivity contribution in [2.24, 2.45) is 7.05 Å². The van der Waals surface area contributed by atoms with Crippen molar-refractivity contribution in [3.8, 4) is 0 Å². The fourth-order valence-electron chi connectivity index (χ4n) is 1.25. The molecule has 72 valence electrons. The van der Waals surface area contributed by atoms with Crippen LogP contribution in [0.5, 0.6) is 0 Å². The molecule has 0 saturated carbocycles. The van der Waals surface area contributed by atoms with E-state index in [4.69, 9.17) is 0 Å². The monoisotopic (exact) mass is 178 g/mol. The molecule has 0 bridgehead atoms. The molecule has 13 heavy (non-hydrogen) atoms. The Morgan fingerprint density at radius 3 is 3.00 bits per heavy atom. The van der Waals surface area contributed by atoms with Crippen LogP contribution >= 0.6 is 0 Å². The summed E-state index contributed by atoms with van der Waals surface area (Å²) in [6.07, 6.45) is 9.59. The van der Waals surface area contributed by atoms with Gasteiger partial charge >= 0.3 is 0 Å². The van der Waals surface area contributed by atoms with Gasteiger partial charge in [-0.25, -0.2) is 0 Å². The number of allylic oxidation sites excluding steroid dienone is 1. The predicted molar refractivity (Wildman–Crippen MR) is 56.6 cm³/mol. The van der Waals surface area contributed by atoms with Gasteiger partial charge in [0.25, 0.3) is 0 Å². The molecule has 2 nitrogen and oxygen atoms in total. The molecule has 1 aromatic heterocycles. The summed E-state index contributed by atoms with van der Waals surface area (Å²) in [5.74, 6) is 0. The summed E-state index contributed by atoms with van der Waals surface area (Å²) in [5.41, 5.74) is 1.35. The first-order valence-corrected chi connectivity index (χ1v) is 4.75. The van der Waals surface area contributed by atoms with E-state index in [9.17, 15) is 0 Å². The topological polar surface area (TPSA) is 17.0 Å². The molecule has 0 amide bonds. The van der Waals surface area contributed by atoms with Gasteiger partial charge in [0.2, 0.25) is 0 Å². The largest absolute Gasteiger partial charge is 0.357 e. The van der Waals surface area contributed by atoms with Gasteiger partial charge in [0.15, 0.2) is 0 Å². The Labute approximate surface area is 80.3 Å². The maximum Gasteiger partial charge on any atom is 0.0220 e. The summed E-state index contributed by atoms with van der Waals surface area (Å²) in [7, 11) is 2.04. The molecule has 0 fully saturated rings. The van der Waals surface area contributed by atoms with Gasteiger partial charge in [0.05, 0.1) is 0 Å². The highest BCUT2D eigenvalue weighted by Crippen LogP contribution is 1.98. The summed E-state index contributed by atoms with van der Waals surface area (Å²) >= 11 is 0. The van der Waals surface area contributed by atoms with E-state index in [2.05, 4.69) is 47.4 Å². The van der Waals surface area contributed by atoms with Crippen LogP contribution in [0.25, 0.3) is 0 Å². The van der Waals surface area contributed by atoms with Crippen molar-refractivity contribution in [3.63, 3.8) is 0 Å². The van der Waals surface area contributed by atoms with E-state index in [0.29, 0.717) is 0 Å². The third kappa shape index (κ3) is 3.95. The predicted octanol–water partition coefficient (Wildman–Crippen LogP) is 2.08. The number of hydrogen-bond donors (Lipinski definition) is 1. The minimum Gasteiger partial charge on any atom is -0.357 e. The lowest BCUT2D eigenvalue weighted by Crippen LogP contribution is -2.13. The minimum atomic E-state index is 0.971. The first-order chi connectivity index (χ1) is 6.33. The molecule has 0 radical (unpaired) electrons. The van der Waals surface area contributed by atoms with Gasteiger partial charge in [0.1, 0.15) is 0 Å². The Morgan fingerprint density at radius 2 is 2.38 bits per heavy atom. The SMILES string of the molecule is C/C=C/CCNCc1ccn(C)c1. The smallest absolute Gasteiger partial charge is 0.0220 e. The van der Waals surface area contributed by atoms with E-state index in [1.807, 2.05) is 7.05 Å². The molecule has 0 unspecified atom stereocenters. The molecular formula is C11H18N2. The van der Waals surface area contributed by atoms with Gasteiger partial charge in [-0.15, -0.1) is 0 Å². The van der Waals surface area contributed by atoms with Crippen LogP contribution in [-0.4, -0.2) is 11.1 Å². The van der Waals surface area contributed by atoms with Crippen molar-refractivity contribution in [1.29, 1.82) is 0 Å². The zero-order valence-corrected chi connectivity index (χ0v) is 8.46. The Balaban J connectivity index is 2.13. The van der Waals surface area contributed by atoms with Crippen LogP contribution in [0.3, 0.4) is 0 Å². The van der Waals surface area contributed by atoms with Gasteiger partial charge in [0, 0.05) is 26.0 Å². The third-order valence-electron chi connectivity index (χ3n) is 1.95. The number of hydrogen-bond acceptors (Lipinski definition) is 1. The van der Waals surface area contributed by atoms with Gasteiger partial charge in [-0.3, -0.25) is 0 Å². The molecule has 0 atom stereocenters. The fourth-order valence-corrected chi connectivity index (χ4v) is 1.25. The summed E-state index contributed by atoms with van der Waals surface area (Å²) in [5, 5.41) is 3.39. The van der Waals surface area contributed by atoms with Gasteiger partial charge in [-0.1, -0.05) is 12.2 Å². The van der Waals surface area contributed by atoms with E-state index in [1.165, 1.54) is 5.56 Å². The maximum atomic E-state index is 3.39. The molecule has 1 rings (SSSR count). The number of nitrogens with zero attached hydrogens (tertiary/aromatic N) is 1. The Kier molecular flexibility index (Phi) is 4.33.